The molecule has 0 aromatic heterocycles. The van der Waals surface area contributed by atoms with Crippen LogP contribution >= 0.6 is 46.6 Å². The maximum absolute atomic E-state index is 14.1. The highest BCUT2D eigenvalue weighted by molar-refractivity contribution is 8.19. The van der Waals surface area contributed by atoms with Crippen molar-refractivity contribution in [2.75, 3.05) is 4.90 Å². The van der Waals surface area contributed by atoms with Crippen LogP contribution in [0.1, 0.15) is 11.1 Å². The fraction of sp³-hybridized carbons (Fsp3) is 0.0345. The molecular weight excluding hydrogens is 566 g/mol. The Morgan fingerprint density at radius 2 is 1.53 bits per heavy atom. The highest BCUT2D eigenvalue weighted by atomic mass is 35.5. The van der Waals surface area contributed by atoms with E-state index in [4.69, 9.17) is 44.5 Å². The van der Waals surface area contributed by atoms with Gasteiger partial charge in [0.05, 0.1) is 16.3 Å². The minimum absolute atomic E-state index is 0.0196. The number of ether oxygens (including phenoxy) is 1. The number of carbonyl (C=O) groups is 1. The Balaban J connectivity index is 1.51. The number of hydrogen-bond donors (Lipinski definition) is 0. The number of nitrogens with zero attached hydrogens (tertiary/aromatic N) is 2. The molecule has 0 radical (unpaired) electrons. The van der Waals surface area contributed by atoms with Gasteiger partial charge in [0.15, 0.2) is 5.17 Å². The van der Waals surface area contributed by atoms with E-state index in [0.29, 0.717) is 53.4 Å². The van der Waals surface area contributed by atoms with Crippen LogP contribution in [0.15, 0.2) is 101 Å². The number of amides is 1. The molecule has 0 unspecified atom stereocenters. The Bertz CT molecular complexity index is 1560. The SMILES string of the molecule is O=C1/C(=C/c2cc(Cl)ccc2OCc2ccccc2F)SC(=Nc2ccc(Cl)cc2)N1c1ccc(Cl)cc1. The molecule has 0 atom stereocenters. The quantitative estimate of drug-likeness (QED) is 0.213. The lowest BCUT2D eigenvalue weighted by Gasteiger charge is -2.15. The number of rotatable bonds is 6. The van der Waals surface area contributed by atoms with Crippen molar-refractivity contribution in [3.63, 3.8) is 0 Å². The second-order valence-corrected chi connectivity index (χ2v) is 10.5. The first-order valence-electron chi connectivity index (χ1n) is 11.4. The first-order valence-corrected chi connectivity index (χ1v) is 13.3. The summed E-state index contributed by atoms with van der Waals surface area (Å²) in [5.74, 6) is -0.172. The molecule has 38 heavy (non-hydrogen) atoms. The molecule has 1 aliphatic rings. The monoisotopic (exact) mass is 582 g/mol. The predicted octanol–water partition coefficient (Wildman–Crippen LogP) is 9.17. The Morgan fingerprint density at radius 3 is 2.24 bits per heavy atom. The van der Waals surface area contributed by atoms with Crippen molar-refractivity contribution >= 4 is 75.1 Å². The van der Waals surface area contributed by atoms with E-state index in [9.17, 15) is 9.18 Å². The molecule has 190 valence electrons. The number of aliphatic imine (C=N–C) groups is 1. The summed E-state index contributed by atoms with van der Waals surface area (Å²) < 4.78 is 20.0. The van der Waals surface area contributed by atoms with Crippen molar-refractivity contribution in [3.8, 4) is 5.75 Å². The van der Waals surface area contributed by atoms with Gasteiger partial charge >= 0.3 is 0 Å². The maximum Gasteiger partial charge on any atom is 0.271 e. The molecule has 5 rings (SSSR count). The summed E-state index contributed by atoms with van der Waals surface area (Å²) in [6.07, 6.45) is 1.70. The number of amidine groups is 1. The minimum Gasteiger partial charge on any atom is -0.488 e. The van der Waals surface area contributed by atoms with Crippen molar-refractivity contribution in [2.24, 2.45) is 4.99 Å². The topological polar surface area (TPSA) is 41.9 Å². The fourth-order valence-corrected chi connectivity index (χ4v) is 5.09. The van der Waals surface area contributed by atoms with E-state index < -0.39 is 0 Å². The summed E-state index contributed by atoms with van der Waals surface area (Å²) in [4.78, 5) is 20.3. The van der Waals surface area contributed by atoms with Gasteiger partial charge in [-0.2, -0.15) is 0 Å². The van der Waals surface area contributed by atoms with Gasteiger partial charge in [-0.05, 0) is 90.6 Å². The summed E-state index contributed by atoms with van der Waals surface area (Å²) in [6, 6.07) is 25.4. The normalized spacial score (nSPS) is 15.5. The molecule has 9 heteroatoms. The van der Waals surface area contributed by atoms with Crippen LogP contribution in [0.4, 0.5) is 15.8 Å². The number of benzene rings is 4. The van der Waals surface area contributed by atoms with Crippen LogP contribution in [-0.4, -0.2) is 11.1 Å². The predicted molar refractivity (Wildman–Crippen MR) is 155 cm³/mol. The van der Waals surface area contributed by atoms with E-state index in [1.54, 1.807) is 91.0 Å². The summed E-state index contributed by atoms with van der Waals surface area (Å²) in [6.45, 7) is 0.0196. The lowest BCUT2D eigenvalue weighted by atomic mass is 10.1. The third-order valence-electron chi connectivity index (χ3n) is 5.54. The van der Waals surface area contributed by atoms with Crippen LogP contribution in [-0.2, 0) is 11.4 Å². The summed E-state index contributed by atoms with van der Waals surface area (Å²) in [5, 5.41) is 2.07. The van der Waals surface area contributed by atoms with Crippen molar-refractivity contribution in [1.29, 1.82) is 0 Å². The Labute approximate surface area is 238 Å². The van der Waals surface area contributed by atoms with Gasteiger partial charge in [0, 0.05) is 26.2 Å². The second-order valence-electron chi connectivity index (χ2n) is 8.16. The van der Waals surface area contributed by atoms with Crippen LogP contribution in [0.25, 0.3) is 6.08 Å². The number of carbonyl (C=O) groups excluding carboxylic acids is 1. The van der Waals surface area contributed by atoms with Gasteiger partial charge in [-0.1, -0.05) is 53.0 Å². The Morgan fingerprint density at radius 1 is 0.868 bits per heavy atom. The van der Waals surface area contributed by atoms with E-state index in [-0.39, 0.29) is 18.3 Å². The van der Waals surface area contributed by atoms with Gasteiger partial charge in [-0.3, -0.25) is 9.69 Å². The molecule has 1 aliphatic heterocycles. The van der Waals surface area contributed by atoms with Gasteiger partial charge in [0.25, 0.3) is 5.91 Å². The minimum atomic E-state index is -0.357. The third-order valence-corrected chi connectivity index (χ3v) is 7.25. The van der Waals surface area contributed by atoms with Crippen LogP contribution in [0.2, 0.25) is 15.1 Å². The molecule has 1 heterocycles. The van der Waals surface area contributed by atoms with Gasteiger partial charge in [0.1, 0.15) is 18.2 Å². The first kappa shape index (κ1) is 26.3. The standard InChI is InChI=1S/C29H18Cl3FN2O2S/c30-20-5-10-23(11-6-20)34-29-35(24-12-7-21(31)8-13-24)28(36)27(38-29)16-19-15-22(32)9-14-26(19)37-17-18-3-1-2-4-25(18)33/h1-16H,17H2/b27-16-,34-29?. The van der Waals surface area contributed by atoms with Gasteiger partial charge in [0.2, 0.25) is 0 Å². The average Bonchev–Trinajstić information content (AvgIpc) is 3.20. The fourth-order valence-electron chi connectivity index (χ4n) is 3.67. The highest BCUT2D eigenvalue weighted by Crippen LogP contribution is 2.39. The lowest BCUT2D eigenvalue weighted by Crippen LogP contribution is -2.28. The smallest absolute Gasteiger partial charge is 0.271 e. The third kappa shape index (κ3) is 6.05. The van der Waals surface area contributed by atoms with Crippen LogP contribution < -0.4 is 9.64 Å². The second kappa shape index (κ2) is 11.6. The van der Waals surface area contributed by atoms with Crippen LogP contribution in [0.3, 0.4) is 0 Å². The Kier molecular flexibility index (Phi) is 8.05. The molecule has 0 bridgehead atoms. The zero-order valence-electron chi connectivity index (χ0n) is 19.6. The Hall–Kier alpha value is -3.29. The lowest BCUT2D eigenvalue weighted by molar-refractivity contribution is -0.113. The highest BCUT2D eigenvalue weighted by Gasteiger charge is 2.35. The molecular formula is C29H18Cl3FN2O2S. The van der Waals surface area contributed by atoms with Crippen LogP contribution in [0.5, 0.6) is 5.75 Å². The number of hydrogen-bond acceptors (Lipinski definition) is 4. The average molecular weight is 584 g/mol. The largest absolute Gasteiger partial charge is 0.488 e. The van der Waals surface area contributed by atoms with Crippen LogP contribution in [0, 0.1) is 5.82 Å². The molecule has 1 saturated heterocycles. The van der Waals surface area contributed by atoms with Gasteiger partial charge in [-0.15, -0.1) is 0 Å². The van der Waals surface area contributed by atoms with Crippen molar-refractivity contribution in [2.45, 2.75) is 6.61 Å². The molecule has 0 spiro atoms. The van der Waals surface area contributed by atoms with E-state index in [0.717, 1.165) is 0 Å². The molecule has 0 aliphatic carbocycles. The molecule has 1 amide bonds. The first-order chi connectivity index (χ1) is 18.4. The number of halogens is 4. The summed E-state index contributed by atoms with van der Waals surface area (Å²) in [7, 11) is 0. The van der Waals surface area contributed by atoms with Crippen molar-refractivity contribution in [3.05, 3.63) is 128 Å². The molecule has 0 saturated carbocycles. The van der Waals surface area contributed by atoms with Gasteiger partial charge < -0.3 is 4.74 Å². The summed E-state index contributed by atoms with van der Waals surface area (Å²) in [5.41, 5.74) is 2.25. The van der Waals surface area contributed by atoms with E-state index in [1.807, 2.05) is 0 Å². The van der Waals surface area contributed by atoms with E-state index >= 15 is 0 Å². The molecule has 4 aromatic carbocycles. The maximum atomic E-state index is 14.1. The summed E-state index contributed by atoms with van der Waals surface area (Å²) >= 11 is 19.6. The molecule has 0 N–H and O–H groups in total. The van der Waals surface area contributed by atoms with Gasteiger partial charge in [-0.25, -0.2) is 9.38 Å². The zero-order chi connectivity index (χ0) is 26.6. The molecule has 4 aromatic rings. The van der Waals surface area contributed by atoms with Crippen molar-refractivity contribution in [1.82, 2.24) is 0 Å². The van der Waals surface area contributed by atoms with Crippen molar-refractivity contribution < 1.29 is 13.9 Å². The molecule has 1 fully saturated rings. The van der Waals surface area contributed by atoms with E-state index in [1.165, 1.54) is 22.7 Å². The zero-order valence-corrected chi connectivity index (χ0v) is 22.7. The molecule has 4 nitrogen and oxygen atoms in total. The van der Waals surface area contributed by atoms with E-state index in [2.05, 4.69) is 0 Å². The number of thioether (sulfide) groups is 1. The number of anilines is 1.